The summed E-state index contributed by atoms with van der Waals surface area (Å²) in [7, 11) is -4.12. The SMILES string of the molecule is CC(C)[C@H](NS(=O)(=O)c1ccc2c(c1)oc1cc([N+](=O)[O-])c(Br)cc12)C(=O)O. The Bertz CT molecular complexity index is 1220. The molecule has 0 aliphatic rings. The van der Waals surface area contributed by atoms with Crippen molar-refractivity contribution < 1.29 is 27.7 Å². The molecule has 9 nitrogen and oxygen atoms in total. The fourth-order valence-electron chi connectivity index (χ4n) is 2.78. The number of benzene rings is 2. The molecule has 0 spiro atoms. The van der Waals surface area contributed by atoms with Crippen molar-refractivity contribution in [3.05, 3.63) is 44.9 Å². The number of carbonyl (C=O) groups is 1. The molecule has 1 heterocycles. The first-order valence-electron chi connectivity index (χ1n) is 8.06. The van der Waals surface area contributed by atoms with Crippen molar-refractivity contribution in [3.63, 3.8) is 0 Å². The van der Waals surface area contributed by atoms with E-state index in [1.165, 1.54) is 30.3 Å². The molecule has 0 radical (unpaired) electrons. The van der Waals surface area contributed by atoms with Gasteiger partial charge in [0.1, 0.15) is 17.2 Å². The molecule has 3 aromatic rings. The van der Waals surface area contributed by atoms with Crippen LogP contribution in [0, 0.1) is 16.0 Å². The number of sulfonamides is 1. The molecular formula is C17H15BrN2O7S. The Hall–Kier alpha value is -2.50. The summed E-state index contributed by atoms with van der Waals surface area (Å²) in [5.41, 5.74) is 0.266. The van der Waals surface area contributed by atoms with Gasteiger partial charge in [-0.2, -0.15) is 4.72 Å². The third kappa shape index (κ3) is 3.60. The lowest BCUT2D eigenvalue weighted by Gasteiger charge is -2.17. The molecule has 0 bridgehead atoms. The van der Waals surface area contributed by atoms with Gasteiger partial charge in [0.2, 0.25) is 10.0 Å². The number of rotatable bonds is 6. The number of aliphatic carboxylic acids is 1. The largest absolute Gasteiger partial charge is 0.480 e. The van der Waals surface area contributed by atoms with E-state index in [1.807, 2.05) is 0 Å². The van der Waals surface area contributed by atoms with Crippen molar-refractivity contribution >= 4 is 59.5 Å². The van der Waals surface area contributed by atoms with E-state index >= 15 is 0 Å². The Balaban J connectivity index is 2.10. The third-order valence-electron chi connectivity index (χ3n) is 4.23. The second-order valence-corrected chi connectivity index (χ2v) is 9.07. The number of furan rings is 1. The van der Waals surface area contributed by atoms with Gasteiger partial charge in [-0.25, -0.2) is 8.42 Å². The van der Waals surface area contributed by atoms with E-state index in [4.69, 9.17) is 4.42 Å². The molecule has 0 unspecified atom stereocenters. The number of nitrogens with zero attached hydrogens (tertiary/aromatic N) is 1. The van der Waals surface area contributed by atoms with Crippen LogP contribution in [0.2, 0.25) is 0 Å². The predicted octanol–water partition coefficient (Wildman–Crippen LogP) is 3.64. The van der Waals surface area contributed by atoms with E-state index in [-0.39, 0.29) is 26.2 Å². The Morgan fingerprint density at radius 3 is 2.43 bits per heavy atom. The van der Waals surface area contributed by atoms with Crippen LogP contribution >= 0.6 is 15.9 Å². The normalized spacial score (nSPS) is 13.3. The molecule has 0 saturated heterocycles. The highest BCUT2D eigenvalue weighted by molar-refractivity contribution is 9.10. The van der Waals surface area contributed by atoms with E-state index in [1.54, 1.807) is 13.8 Å². The smallest absolute Gasteiger partial charge is 0.322 e. The number of nitro benzene ring substituents is 1. The van der Waals surface area contributed by atoms with Gasteiger partial charge in [0, 0.05) is 16.8 Å². The number of halogens is 1. The molecule has 1 atom stereocenters. The zero-order valence-electron chi connectivity index (χ0n) is 14.7. The summed E-state index contributed by atoms with van der Waals surface area (Å²) >= 11 is 3.14. The van der Waals surface area contributed by atoms with Crippen LogP contribution in [0.5, 0.6) is 0 Å². The first kappa shape index (κ1) is 20.2. The Labute approximate surface area is 167 Å². The molecule has 0 saturated carbocycles. The second-order valence-electron chi connectivity index (χ2n) is 6.50. The van der Waals surface area contributed by atoms with Crippen LogP contribution in [-0.4, -0.2) is 30.5 Å². The molecule has 2 aromatic carbocycles. The summed E-state index contributed by atoms with van der Waals surface area (Å²) in [5, 5.41) is 21.4. The Morgan fingerprint density at radius 2 is 1.86 bits per heavy atom. The summed E-state index contributed by atoms with van der Waals surface area (Å²) in [6.45, 7) is 3.18. The Morgan fingerprint density at radius 1 is 1.21 bits per heavy atom. The average molecular weight is 471 g/mol. The first-order valence-corrected chi connectivity index (χ1v) is 10.3. The molecule has 2 N–H and O–H groups in total. The number of carboxylic acids is 1. The number of carboxylic acid groups (broad SMARTS) is 1. The van der Waals surface area contributed by atoms with Crippen LogP contribution in [0.15, 0.2) is 44.1 Å². The lowest BCUT2D eigenvalue weighted by atomic mass is 10.1. The van der Waals surface area contributed by atoms with Gasteiger partial charge in [-0.15, -0.1) is 0 Å². The lowest BCUT2D eigenvalue weighted by molar-refractivity contribution is -0.385. The standard InChI is InChI=1S/C17H15BrN2O7S/c1-8(2)16(17(21)22)19-28(25,26)9-3-4-10-11-6-12(18)13(20(23)24)7-15(11)27-14(10)5-9/h3-8,16,19H,1-2H3,(H,21,22)/t16-/m0/s1. The minimum atomic E-state index is -4.12. The number of hydrogen-bond donors (Lipinski definition) is 2. The molecule has 0 aliphatic carbocycles. The topological polar surface area (TPSA) is 140 Å². The minimum Gasteiger partial charge on any atom is -0.480 e. The maximum absolute atomic E-state index is 12.6. The highest BCUT2D eigenvalue weighted by atomic mass is 79.9. The van der Waals surface area contributed by atoms with Crippen molar-refractivity contribution in [1.82, 2.24) is 4.72 Å². The Kier molecular flexibility index (Phi) is 5.17. The van der Waals surface area contributed by atoms with E-state index in [0.29, 0.717) is 10.8 Å². The molecule has 148 valence electrons. The molecule has 0 fully saturated rings. The zero-order valence-corrected chi connectivity index (χ0v) is 17.1. The van der Waals surface area contributed by atoms with Crippen LogP contribution in [0.3, 0.4) is 0 Å². The minimum absolute atomic E-state index is 0.167. The van der Waals surface area contributed by atoms with Gasteiger partial charge >= 0.3 is 5.97 Å². The predicted molar refractivity (Wildman–Crippen MR) is 105 cm³/mol. The molecule has 28 heavy (non-hydrogen) atoms. The maximum Gasteiger partial charge on any atom is 0.322 e. The van der Waals surface area contributed by atoms with Crippen LogP contribution < -0.4 is 4.72 Å². The van der Waals surface area contributed by atoms with Crippen LogP contribution in [-0.2, 0) is 14.8 Å². The highest BCUT2D eigenvalue weighted by Crippen LogP contribution is 2.36. The molecule has 3 rings (SSSR count). The van der Waals surface area contributed by atoms with Gasteiger partial charge in [-0.3, -0.25) is 14.9 Å². The van der Waals surface area contributed by atoms with E-state index in [2.05, 4.69) is 20.7 Å². The van der Waals surface area contributed by atoms with Gasteiger partial charge in [0.25, 0.3) is 5.69 Å². The first-order chi connectivity index (χ1) is 13.0. The van der Waals surface area contributed by atoms with Crippen molar-refractivity contribution in [2.45, 2.75) is 24.8 Å². The van der Waals surface area contributed by atoms with E-state index < -0.39 is 32.9 Å². The van der Waals surface area contributed by atoms with E-state index in [0.717, 1.165) is 0 Å². The molecular weight excluding hydrogens is 456 g/mol. The number of fused-ring (bicyclic) bond motifs is 3. The van der Waals surface area contributed by atoms with Crippen molar-refractivity contribution in [2.75, 3.05) is 0 Å². The van der Waals surface area contributed by atoms with Crippen molar-refractivity contribution in [2.24, 2.45) is 5.92 Å². The molecule has 11 heteroatoms. The van der Waals surface area contributed by atoms with Crippen LogP contribution in [0.1, 0.15) is 13.8 Å². The quantitative estimate of drug-likeness (QED) is 0.413. The summed E-state index contributed by atoms with van der Waals surface area (Å²) in [6, 6.07) is 5.61. The number of nitrogens with one attached hydrogen (secondary N) is 1. The van der Waals surface area contributed by atoms with Gasteiger partial charge < -0.3 is 9.52 Å². The van der Waals surface area contributed by atoms with Gasteiger partial charge in [0.05, 0.1) is 20.4 Å². The van der Waals surface area contributed by atoms with Crippen LogP contribution in [0.4, 0.5) is 5.69 Å². The number of nitro groups is 1. The summed E-state index contributed by atoms with van der Waals surface area (Å²) in [4.78, 5) is 21.6. The lowest BCUT2D eigenvalue weighted by Crippen LogP contribution is -2.44. The average Bonchev–Trinajstić information content (AvgIpc) is 2.95. The summed E-state index contributed by atoms with van der Waals surface area (Å²) < 4.78 is 33.2. The highest BCUT2D eigenvalue weighted by Gasteiger charge is 2.28. The van der Waals surface area contributed by atoms with Crippen molar-refractivity contribution in [3.8, 4) is 0 Å². The van der Waals surface area contributed by atoms with Gasteiger partial charge in [0.15, 0.2) is 0 Å². The van der Waals surface area contributed by atoms with Crippen molar-refractivity contribution in [1.29, 1.82) is 0 Å². The fraction of sp³-hybridized carbons (Fsp3) is 0.235. The molecule has 1 aromatic heterocycles. The summed E-state index contributed by atoms with van der Waals surface area (Å²) in [6.07, 6.45) is 0. The van der Waals surface area contributed by atoms with Gasteiger partial charge in [-0.1, -0.05) is 13.8 Å². The maximum atomic E-state index is 12.6. The number of hydrogen-bond acceptors (Lipinski definition) is 6. The monoisotopic (exact) mass is 470 g/mol. The molecule has 0 amide bonds. The fourth-order valence-corrected chi connectivity index (χ4v) is 4.62. The van der Waals surface area contributed by atoms with Crippen LogP contribution in [0.25, 0.3) is 21.9 Å². The second kappa shape index (κ2) is 7.15. The molecule has 0 aliphatic heterocycles. The summed E-state index contributed by atoms with van der Waals surface area (Å²) in [5.74, 6) is -1.74. The van der Waals surface area contributed by atoms with Gasteiger partial charge in [-0.05, 0) is 40.0 Å². The van der Waals surface area contributed by atoms with E-state index in [9.17, 15) is 28.4 Å². The third-order valence-corrected chi connectivity index (χ3v) is 6.31. The zero-order chi connectivity index (χ0) is 20.8.